The lowest BCUT2D eigenvalue weighted by Crippen LogP contribution is -2.14. The minimum atomic E-state index is 0.00246. The van der Waals surface area contributed by atoms with Crippen LogP contribution in [0.25, 0.3) is 60.2 Å². The summed E-state index contributed by atoms with van der Waals surface area (Å²) in [6, 6.07) is 38.3. The highest BCUT2D eigenvalue weighted by molar-refractivity contribution is 6.17. The Kier molecular flexibility index (Phi) is 4.20. The van der Waals surface area contributed by atoms with Crippen LogP contribution in [0.3, 0.4) is 0 Å². The molecule has 8 rings (SSSR count). The van der Waals surface area contributed by atoms with E-state index in [1.165, 1.54) is 82.4 Å². The van der Waals surface area contributed by atoms with E-state index in [9.17, 15) is 0 Å². The van der Waals surface area contributed by atoms with E-state index in [1.54, 1.807) is 0 Å². The normalized spacial score (nSPS) is 14.0. The third-order valence-electron chi connectivity index (χ3n) is 9.16. The van der Waals surface area contributed by atoms with Crippen LogP contribution in [0.4, 0.5) is 0 Å². The van der Waals surface area contributed by atoms with Crippen LogP contribution in [0, 0.1) is 13.8 Å². The van der Waals surface area contributed by atoms with E-state index >= 15 is 0 Å². The van der Waals surface area contributed by atoms with Crippen molar-refractivity contribution in [2.75, 3.05) is 0 Å². The fraction of sp³-hybridized carbons (Fsp3) is 0.135. The molecule has 1 heterocycles. The van der Waals surface area contributed by atoms with Crippen molar-refractivity contribution in [3.8, 4) is 16.8 Å². The van der Waals surface area contributed by atoms with Crippen LogP contribution in [0.15, 0.2) is 103 Å². The average molecular weight is 488 g/mol. The SMILES string of the molecule is Cc1c2cc3c(cc2c(C)c2cc4c(cc12)c1ccccc1n4-c1ccccc1)-c1ccccc1C3(C)C. The molecule has 1 heteroatoms. The molecule has 0 amide bonds. The number of hydrogen-bond acceptors (Lipinski definition) is 0. The molecule has 182 valence electrons. The lowest BCUT2D eigenvalue weighted by atomic mass is 9.81. The fourth-order valence-corrected chi connectivity index (χ4v) is 7.15. The summed E-state index contributed by atoms with van der Waals surface area (Å²) < 4.78 is 2.42. The van der Waals surface area contributed by atoms with E-state index in [0.717, 1.165) is 0 Å². The second kappa shape index (κ2) is 7.36. The molecule has 1 aromatic heterocycles. The van der Waals surface area contributed by atoms with Crippen LogP contribution in [0.1, 0.15) is 36.1 Å². The van der Waals surface area contributed by atoms with Crippen molar-refractivity contribution in [1.82, 2.24) is 4.57 Å². The monoisotopic (exact) mass is 487 g/mol. The first-order chi connectivity index (χ1) is 18.4. The van der Waals surface area contributed by atoms with Crippen molar-refractivity contribution in [1.29, 1.82) is 0 Å². The summed E-state index contributed by atoms with van der Waals surface area (Å²) in [6.07, 6.45) is 0. The molecule has 0 spiro atoms. The molecular weight excluding hydrogens is 458 g/mol. The molecule has 0 bridgehead atoms. The highest BCUT2D eigenvalue weighted by Crippen LogP contribution is 2.51. The Morgan fingerprint density at radius 1 is 0.474 bits per heavy atom. The highest BCUT2D eigenvalue weighted by Gasteiger charge is 2.35. The molecule has 7 aromatic rings. The van der Waals surface area contributed by atoms with E-state index in [4.69, 9.17) is 0 Å². The Morgan fingerprint density at radius 3 is 1.92 bits per heavy atom. The zero-order chi connectivity index (χ0) is 25.8. The van der Waals surface area contributed by atoms with Crippen LogP contribution in [0.2, 0.25) is 0 Å². The molecule has 0 unspecified atom stereocenters. The van der Waals surface area contributed by atoms with Crippen molar-refractivity contribution >= 4 is 43.4 Å². The summed E-state index contributed by atoms with van der Waals surface area (Å²) in [5, 5.41) is 8.05. The molecule has 0 N–H and O–H groups in total. The summed E-state index contributed by atoms with van der Waals surface area (Å²) in [6.45, 7) is 9.36. The van der Waals surface area contributed by atoms with Crippen molar-refractivity contribution in [2.24, 2.45) is 0 Å². The first-order valence-corrected chi connectivity index (χ1v) is 13.5. The lowest BCUT2D eigenvalue weighted by molar-refractivity contribution is 0.661. The van der Waals surface area contributed by atoms with Gasteiger partial charge in [-0.2, -0.15) is 0 Å². The van der Waals surface area contributed by atoms with E-state index in [2.05, 4.69) is 135 Å². The Morgan fingerprint density at radius 2 is 1.11 bits per heavy atom. The van der Waals surface area contributed by atoms with Gasteiger partial charge in [0.05, 0.1) is 11.0 Å². The van der Waals surface area contributed by atoms with E-state index in [0.29, 0.717) is 0 Å². The summed E-state index contributed by atoms with van der Waals surface area (Å²) in [4.78, 5) is 0. The molecule has 0 radical (unpaired) electrons. The second-order valence-electron chi connectivity index (χ2n) is 11.5. The van der Waals surface area contributed by atoms with Gasteiger partial charge in [-0.3, -0.25) is 0 Å². The number of benzene rings is 6. The minimum Gasteiger partial charge on any atom is -0.309 e. The van der Waals surface area contributed by atoms with E-state index in [1.807, 2.05) is 0 Å². The third-order valence-corrected chi connectivity index (χ3v) is 9.16. The molecule has 0 saturated carbocycles. The number of nitrogens with zero attached hydrogens (tertiary/aromatic N) is 1. The first kappa shape index (κ1) is 21.7. The van der Waals surface area contributed by atoms with E-state index in [-0.39, 0.29) is 5.41 Å². The molecule has 0 aliphatic heterocycles. The van der Waals surface area contributed by atoms with Crippen molar-refractivity contribution in [3.63, 3.8) is 0 Å². The van der Waals surface area contributed by atoms with Gasteiger partial charge in [-0.1, -0.05) is 74.5 Å². The summed E-state index contributed by atoms with van der Waals surface area (Å²) in [7, 11) is 0. The molecule has 0 atom stereocenters. The van der Waals surface area contributed by atoms with Crippen LogP contribution in [0.5, 0.6) is 0 Å². The molecule has 6 aromatic carbocycles. The second-order valence-corrected chi connectivity index (χ2v) is 11.5. The quantitative estimate of drug-likeness (QED) is 0.203. The Labute approximate surface area is 223 Å². The van der Waals surface area contributed by atoms with Gasteiger partial charge in [-0.25, -0.2) is 0 Å². The maximum Gasteiger partial charge on any atom is 0.0547 e. The molecule has 0 saturated heterocycles. The van der Waals surface area contributed by atoms with Crippen LogP contribution < -0.4 is 0 Å². The standard InChI is InChI=1S/C37H29N/c1-22-28-19-32-26-15-9-11-17-35(26)38(24-12-6-5-7-13-24)36(32)21-30(28)23(2)27-18-31-25-14-8-10-16-33(25)37(3,4)34(31)20-29(22)27/h5-21H,1-4H3. The van der Waals surface area contributed by atoms with E-state index < -0.39 is 0 Å². The lowest BCUT2D eigenvalue weighted by Gasteiger charge is -2.22. The smallest absolute Gasteiger partial charge is 0.0547 e. The predicted molar refractivity (Wildman–Crippen MR) is 163 cm³/mol. The molecule has 1 nitrogen and oxygen atoms in total. The zero-order valence-electron chi connectivity index (χ0n) is 22.3. The zero-order valence-corrected chi connectivity index (χ0v) is 22.3. The molecule has 1 aliphatic rings. The number of aryl methyl sites for hydroxylation is 2. The number of para-hydroxylation sites is 2. The van der Waals surface area contributed by atoms with Gasteiger partial charge in [0.2, 0.25) is 0 Å². The van der Waals surface area contributed by atoms with Crippen molar-refractivity contribution in [3.05, 3.63) is 125 Å². The van der Waals surface area contributed by atoms with Crippen molar-refractivity contribution < 1.29 is 0 Å². The van der Waals surface area contributed by atoms with Crippen LogP contribution >= 0.6 is 0 Å². The van der Waals surface area contributed by atoms with Gasteiger partial charge in [-0.05, 0) is 111 Å². The molecule has 38 heavy (non-hydrogen) atoms. The fourth-order valence-electron chi connectivity index (χ4n) is 7.15. The Hall–Kier alpha value is -4.36. The van der Waals surface area contributed by atoms with Gasteiger partial charge in [-0.15, -0.1) is 0 Å². The molecular formula is C37H29N. The van der Waals surface area contributed by atoms with Gasteiger partial charge in [0.1, 0.15) is 0 Å². The van der Waals surface area contributed by atoms with Crippen LogP contribution in [-0.2, 0) is 5.41 Å². The Balaban J connectivity index is 1.52. The maximum absolute atomic E-state index is 2.49. The largest absolute Gasteiger partial charge is 0.309 e. The average Bonchev–Trinajstić information content (AvgIpc) is 3.39. The maximum atomic E-state index is 2.49. The van der Waals surface area contributed by atoms with Gasteiger partial charge in [0, 0.05) is 21.9 Å². The predicted octanol–water partition coefficient (Wildman–Crippen LogP) is 10.0. The third kappa shape index (κ3) is 2.66. The summed E-state index contributed by atoms with van der Waals surface area (Å²) in [5.41, 5.74) is 12.1. The van der Waals surface area contributed by atoms with Gasteiger partial charge in [0.15, 0.2) is 0 Å². The highest BCUT2D eigenvalue weighted by atomic mass is 15.0. The van der Waals surface area contributed by atoms with Crippen LogP contribution in [-0.4, -0.2) is 4.57 Å². The summed E-state index contributed by atoms with van der Waals surface area (Å²) >= 11 is 0. The van der Waals surface area contributed by atoms with Gasteiger partial charge < -0.3 is 4.57 Å². The molecule has 0 fully saturated rings. The number of rotatable bonds is 1. The minimum absolute atomic E-state index is 0.00246. The number of aromatic nitrogens is 1. The summed E-state index contributed by atoms with van der Waals surface area (Å²) in [5.74, 6) is 0. The number of hydrogen-bond donors (Lipinski definition) is 0. The number of fused-ring (bicyclic) bond motifs is 8. The van der Waals surface area contributed by atoms with Gasteiger partial charge >= 0.3 is 0 Å². The topological polar surface area (TPSA) is 4.93 Å². The first-order valence-electron chi connectivity index (χ1n) is 13.5. The Bertz CT molecular complexity index is 2110. The van der Waals surface area contributed by atoms with Gasteiger partial charge in [0.25, 0.3) is 0 Å². The molecule has 1 aliphatic carbocycles. The van der Waals surface area contributed by atoms with Crippen molar-refractivity contribution in [2.45, 2.75) is 33.1 Å².